The number of nitrogens with zero attached hydrogens (tertiary/aromatic N) is 2. The van der Waals surface area contributed by atoms with Gasteiger partial charge >= 0.3 is 0 Å². The van der Waals surface area contributed by atoms with Crippen LogP contribution in [0.3, 0.4) is 0 Å². The second-order valence-electron chi connectivity index (χ2n) is 4.34. The Labute approximate surface area is 85.3 Å². The first-order valence-corrected chi connectivity index (χ1v) is 5.54. The maximum Gasteiger partial charge on any atom is 0.0951 e. The molecule has 3 heteroatoms. The number of fused-ring (bicyclic) bond motifs is 1. The molecule has 1 atom stereocenters. The Kier molecular flexibility index (Phi) is 2.87. The molecule has 0 saturated carbocycles. The van der Waals surface area contributed by atoms with E-state index in [4.69, 9.17) is 5.73 Å². The van der Waals surface area contributed by atoms with Crippen LogP contribution >= 0.6 is 0 Å². The predicted molar refractivity (Wildman–Crippen MR) is 57.1 cm³/mol. The molecule has 0 bridgehead atoms. The van der Waals surface area contributed by atoms with Crippen molar-refractivity contribution < 1.29 is 0 Å². The topological polar surface area (TPSA) is 43.8 Å². The zero-order valence-electron chi connectivity index (χ0n) is 8.87. The van der Waals surface area contributed by atoms with Crippen LogP contribution in [0.4, 0.5) is 0 Å². The number of imidazole rings is 1. The van der Waals surface area contributed by atoms with Crippen LogP contribution in [0, 0.1) is 5.92 Å². The lowest BCUT2D eigenvalue weighted by atomic mass is 10.0. The largest absolute Gasteiger partial charge is 0.334 e. The summed E-state index contributed by atoms with van der Waals surface area (Å²) in [6.45, 7) is 3.97. The number of aryl methyl sites for hydroxylation is 1. The summed E-state index contributed by atoms with van der Waals surface area (Å²) in [5.74, 6) is 0.551. The van der Waals surface area contributed by atoms with Crippen molar-refractivity contribution in [2.24, 2.45) is 11.7 Å². The summed E-state index contributed by atoms with van der Waals surface area (Å²) in [4.78, 5) is 4.47. The molecule has 0 fully saturated rings. The number of rotatable bonds is 3. The van der Waals surface area contributed by atoms with Crippen molar-refractivity contribution in [2.75, 3.05) is 6.54 Å². The van der Waals surface area contributed by atoms with Crippen LogP contribution in [0.25, 0.3) is 0 Å². The van der Waals surface area contributed by atoms with Crippen molar-refractivity contribution in [3.8, 4) is 0 Å². The minimum Gasteiger partial charge on any atom is -0.334 e. The van der Waals surface area contributed by atoms with Gasteiger partial charge in [-0.05, 0) is 38.1 Å². The Morgan fingerprint density at radius 2 is 2.29 bits per heavy atom. The standard InChI is InChI=1S/C11H19N3/c1-9(6-12)7-14-8-13-10-4-2-3-5-11(10)14/h8-9H,2-7,12H2,1H3. The van der Waals surface area contributed by atoms with Gasteiger partial charge in [0.25, 0.3) is 0 Å². The first-order chi connectivity index (χ1) is 6.81. The highest BCUT2D eigenvalue weighted by Gasteiger charge is 2.15. The molecule has 0 aliphatic heterocycles. The van der Waals surface area contributed by atoms with Crippen molar-refractivity contribution in [2.45, 2.75) is 39.2 Å². The van der Waals surface area contributed by atoms with Gasteiger partial charge in [-0.15, -0.1) is 0 Å². The molecular formula is C11H19N3. The molecule has 78 valence electrons. The summed E-state index contributed by atoms with van der Waals surface area (Å²) in [5, 5.41) is 0. The summed E-state index contributed by atoms with van der Waals surface area (Å²) in [5.41, 5.74) is 8.41. The average molecular weight is 193 g/mol. The van der Waals surface area contributed by atoms with Crippen LogP contribution in [-0.4, -0.2) is 16.1 Å². The Hall–Kier alpha value is -0.830. The van der Waals surface area contributed by atoms with Gasteiger partial charge in [-0.3, -0.25) is 0 Å². The zero-order valence-corrected chi connectivity index (χ0v) is 8.87. The van der Waals surface area contributed by atoms with Gasteiger partial charge in [-0.25, -0.2) is 4.98 Å². The molecule has 14 heavy (non-hydrogen) atoms. The quantitative estimate of drug-likeness (QED) is 0.787. The second-order valence-corrected chi connectivity index (χ2v) is 4.34. The Balaban J connectivity index is 2.14. The lowest BCUT2D eigenvalue weighted by Crippen LogP contribution is -2.18. The van der Waals surface area contributed by atoms with Crippen molar-refractivity contribution in [1.29, 1.82) is 0 Å². The normalized spacial score (nSPS) is 17.9. The maximum atomic E-state index is 5.63. The van der Waals surface area contributed by atoms with Crippen molar-refractivity contribution in [1.82, 2.24) is 9.55 Å². The summed E-state index contributed by atoms with van der Waals surface area (Å²) < 4.78 is 2.30. The molecular weight excluding hydrogens is 174 g/mol. The van der Waals surface area contributed by atoms with Gasteiger partial charge in [-0.1, -0.05) is 6.92 Å². The van der Waals surface area contributed by atoms with Gasteiger partial charge in [-0.2, -0.15) is 0 Å². The monoisotopic (exact) mass is 193 g/mol. The third-order valence-corrected chi connectivity index (χ3v) is 3.02. The lowest BCUT2D eigenvalue weighted by Gasteiger charge is -2.16. The van der Waals surface area contributed by atoms with Gasteiger partial charge in [0.15, 0.2) is 0 Å². The highest BCUT2D eigenvalue weighted by Crippen LogP contribution is 2.20. The number of hydrogen-bond acceptors (Lipinski definition) is 2. The van der Waals surface area contributed by atoms with E-state index < -0.39 is 0 Å². The van der Waals surface area contributed by atoms with Crippen LogP contribution in [0.1, 0.15) is 31.2 Å². The van der Waals surface area contributed by atoms with Gasteiger partial charge in [0.2, 0.25) is 0 Å². The molecule has 1 heterocycles. The van der Waals surface area contributed by atoms with E-state index in [0.29, 0.717) is 5.92 Å². The predicted octanol–water partition coefficient (Wildman–Crippen LogP) is 1.36. The van der Waals surface area contributed by atoms with E-state index in [1.165, 1.54) is 37.1 Å². The van der Waals surface area contributed by atoms with E-state index in [-0.39, 0.29) is 0 Å². The van der Waals surface area contributed by atoms with Crippen LogP contribution in [0.5, 0.6) is 0 Å². The smallest absolute Gasteiger partial charge is 0.0951 e. The Morgan fingerprint density at radius 3 is 3.07 bits per heavy atom. The number of hydrogen-bond donors (Lipinski definition) is 1. The molecule has 1 unspecified atom stereocenters. The molecule has 1 aliphatic rings. The second kappa shape index (κ2) is 4.13. The van der Waals surface area contributed by atoms with Crippen LogP contribution in [0.2, 0.25) is 0 Å². The summed E-state index contributed by atoms with van der Waals surface area (Å²) in [6, 6.07) is 0. The van der Waals surface area contributed by atoms with Gasteiger partial charge in [0.05, 0.1) is 12.0 Å². The minimum absolute atomic E-state index is 0.551. The molecule has 3 nitrogen and oxygen atoms in total. The van der Waals surface area contributed by atoms with E-state index in [9.17, 15) is 0 Å². The van der Waals surface area contributed by atoms with E-state index >= 15 is 0 Å². The lowest BCUT2D eigenvalue weighted by molar-refractivity contribution is 0.474. The van der Waals surface area contributed by atoms with E-state index in [0.717, 1.165) is 13.1 Å². The number of nitrogens with two attached hydrogens (primary N) is 1. The first-order valence-electron chi connectivity index (χ1n) is 5.54. The minimum atomic E-state index is 0.551. The van der Waals surface area contributed by atoms with E-state index in [2.05, 4.69) is 16.5 Å². The van der Waals surface area contributed by atoms with Gasteiger partial charge < -0.3 is 10.3 Å². The summed E-state index contributed by atoms with van der Waals surface area (Å²) >= 11 is 0. The SMILES string of the molecule is CC(CN)Cn1cnc2c1CCCC2. The fraction of sp³-hybridized carbons (Fsp3) is 0.727. The first kappa shape index (κ1) is 9.71. The van der Waals surface area contributed by atoms with Crippen LogP contribution < -0.4 is 5.73 Å². The molecule has 1 aromatic rings. The fourth-order valence-electron chi connectivity index (χ4n) is 2.10. The zero-order chi connectivity index (χ0) is 9.97. The molecule has 0 spiro atoms. The molecule has 2 N–H and O–H groups in total. The van der Waals surface area contributed by atoms with Crippen LogP contribution in [-0.2, 0) is 19.4 Å². The Morgan fingerprint density at radius 1 is 1.50 bits per heavy atom. The van der Waals surface area contributed by atoms with Crippen molar-refractivity contribution in [3.63, 3.8) is 0 Å². The van der Waals surface area contributed by atoms with Gasteiger partial charge in [0, 0.05) is 12.2 Å². The van der Waals surface area contributed by atoms with Gasteiger partial charge in [0.1, 0.15) is 0 Å². The molecule has 0 saturated heterocycles. The molecule has 2 rings (SSSR count). The van der Waals surface area contributed by atoms with Crippen molar-refractivity contribution >= 4 is 0 Å². The Bertz CT molecular complexity index is 303. The van der Waals surface area contributed by atoms with E-state index in [1.807, 2.05) is 6.33 Å². The van der Waals surface area contributed by atoms with Crippen molar-refractivity contribution in [3.05, 3.63) is 17.7 Å². The highest BCUT2D eigenvalue weighted by atomic mass is 15.1. The van der Waals surface area contributed by atoms with E-state index in [1.54, 1.807) is 0 Å². The molecule has 0 amide bonds. The average Bonchev–Trinajstić information content (AvgIpc) is 2.62. The third-order valence-electron chi connectivity index (χ3n) is 3.02. The summed E-state index contributed by atoms with van der Waals surface area (Å²) in [7, 11) is 0. The molecule has 0 aromatic carbocycles. The molecule has 1 aromatic heterocycles. The highest BCUT2D eigenvalue weighted by molar-refractivity contribution is 5.16. The third kappa shape index (κ3) is 1.82. The molecule has 1 aliphatic carbocycles. The number of aromatic nitrogens is 2. The molecule has 0 radical (unpaired) electrons. The summed E-state index contributed by atoms with van der Waals surface area (Å²) in [6.07, 6.45) is 6.97. The van der Waals surface area contributed by atoms with Crippen LogP contribution in [0.15, 0.2) is 6.33 Å². The maximum absolute atomic E-state index is 5.63. The fourth-order valence-corrected chi connectivity index (χ4v) is 2.10.